The van der Waals surface area contributed by atoms with Gasteiger partial charge in [0.25, 0.3) is 0 Å². The predicted octanol–water partition coefficient (Wildman–Crippen LogP) is 0.397. The van der Waals surface area contributed by atoms with Crippen LogP contribution in [0.2, 0.25) is 0 Å². The zero-order valence-corrected chi connectivity index (χ0v) is 5.17. The van der Waals surface area contributed by atoms with E-state index in [1.165, 1.54) is 0 Å². The van der Waals surface area contributed by atoms with Crippen molar-refractivity contribution in [3.05, 3.63) is 0 Å². The lowest BCUT2D eigenvalue weighted by molar-refractivity contribution is 0.169. The first-order chi connectivity index (χ1) is 3.70. The molecule has 0 saturated carbocycles. The van der Waals surface area contributed by atoms with Crippen LogP contribution in [-0.4, -0.2) is 17.3 Å². The van der Waals surface area contributed by atoms with E-state index in [4.69, 9.17) is 4.89 Å². The first kappa shape index (κ1) is 6.11. The standard InChI is InChI=1S/C3H5O4P/c1-2-3(6-2)7-8(4)5/h2-3H,1H3/p+1/t2-,3+/m0/s1. The molecule has 0 bridgehead atoms. The quantitative estimate of drug-likeness (QED) is 0.442. The van der Waals surface area contributed by atoms with E-state index in [9.17, 15) is 4.57 Å². The van der Waals surface area contributed by atoms with Crippen molar-refractivity contribution in [2.45, 2.75) is 19.3 Å². The SMILES string of the molecule is C[C@@H]1O[C@@H]1O[P+](=O)O. The Kier molecular flexibility index (Phi) is 1.58. The highest BCUT2D eigenvalue weighted by molar-refractivity contribution is 7.32. The summed E-state index contributed by atoms with van der Waals surface area (Å²) < 4.78 is 18.8. The fourth-order valence-electron chi connectivity index (χ4n) is 0.366. The van der Waals surface area contributed by atoms with Gasteiger partial charge in [0.05, 0.1) is 0 Å². The zero-order valence-electron chi connectivity index (χ0n) is 4.27. The minimum absolute atomic E-state index is 0.0129. The van der Waals surface area contributed by atoms with Crippen molar-refractivity contribution >= 4 is 8.25 Å². The summed E-state index contributed by atoms with van der Waals surface area (Å²) in [6.45, 7) is 1.77. The number of ether oxygens (including phenoxy) is 1. The average molecular weight is 137 g/mol. The molecule has 1 rings (SSSR count). The molecule has 1 heterocycles. The van der Waals surface area contributed by atoms with Gasteiger partial charge in [0.2, 0.25) is 6.29 Å². The van der Waals surface area contributed by atoms with Crippen LogP contribution in [0.4, 0.5) is 0 Å². The van der Waals surface area contributed by atoms with Crippen LogP contribution in [0.25, 0.3) is 0 Å². The second kappa shape index (κ2) is 2.07. The van der Waals surface area contributed by atoms with Gasteiger partial charge in [-0.3, -0.25) is 0 Å². The molecule has 0 amide bonds. The molecule has 1 aliphatic rings. The van der Waals surface area contributed by atoms with Gasteiger partial charge in [0.15, 0.2) is 0 Å². The third-order valence-corrected chi connectivity index (χ3v) is 1.24. The van der Waals surface area contributed by atoms with Gasteiger partial charge in [-0.25, -0.2) is 0 Å². The summed E-state index contributed by atoms with van der Waals surface area (Å²) in [4.78, 5) is 8.09. The highest BCUT2D eigenvalue weighted by Crippen LogP contribution is 2.31. The lowest BCUT2D eigenvalue weighted by Crippen LogP contribution is -1.87. The molecule has 1 saturated heterocycles. The van der Waals surface area contributed by atoms with E-state index in [2.05, 4.69) is 9.26 Å². The van der Waals surface area contributed by atoms with E-state index in [1.807, 2.05) is 0 Å². The Morgan fingerprint density at radius 3 is 2.50 bits per heavy atom. The molecule has 0 radical (unpaired) electrons. The lowest BCUT2D eigenvalue weighted by atomic mass is 10.5. The molecule has 0 spiro atoms. The Hall–Kier alpha value is -0.0200. The first-order valence-corrected chi connectivity index (χ1v) is 3.31. The first-order valence-electron chi connectivity index (χ1n) is 2.18. The maximum absolute atomic E-state index is 9.84. The van der Waals surface area contributed by atoms with E-state index in [-0.39, 0.29) is 6.10 Å². The minimum Gasteiger partial charge on any atom is -0.338 e. The molecule has 4 nitrogen and oxygen atoms in total. The molecule has 0 aromatic carbocycles. The van der Waals surface area contributed by atoms with E-state index in [0.717, 1.165) is 0 Å². The zero-order chi connectivity index (χ0) is 6.15. The van der Waals surface area contributed by atoms with Gasteiger partial charge >= 0.3 is 8.25 Å². The molecular weight excluding hydrogens is 131 g/mol. The van der Waals surface area contributed by atoms with Crippen molar-refractivity contribution in [2.75, 3.05) is 0 Å². The van der Waals surface area contributed by atoms with E-state index >= 15 is 0 Å². The normalized spacial score (nSPS) is 37.0. The Morgan fingerprint density at radius 1 is 1.88 bits per heavy atom. The van der Waals surface area contributed by atoms with E-state index in [0.29, 0.717) is 0 Å². The second-order valence-corrected chi connectivity index (χ2v) is 2.24. The van der Waals surface area contributed by atoms with Crippen LogP contribution in [0, 0.1) is 0 Å². The minimum atomic E-state index is -2.48. The third kappa shape index (κ3) is 1.49. The van der Waals surface area contributed by atoms with Crippen LogP contribution < -0.4 is 0 Å². The molecule has 1 fully saturated rings. The van der Waals surface area contributed by atoms with Gasteiger partial charge in [0.1, 0.15) is 6.10 Å². The van der Waals surface area contributed by atoms with Gasteiger partial charge in [0, 0.05) is 4.57 Å². The summed E-state index contributed by atoms with van der Waals surface area (Å²) in [5.74, 6) is 0. The average Bonchev–Trinajstić information content (AvgIpc) is 2.17. The van der Waals surface area contributed by atoms with Crippen molar-refractivity contribution in [1.82, 2.24) is 0 Å². The maximum atomic E-state index is 9.84. The van der Waals surface area contributed by atoms with Crippen LogP contribution in [0.15, 0.2) is 0 Å². The summed E-state index contributed by atoms with van der Waals surface area (Å²) in [5, 5.41) is 0. The predicted molar refractivity (Wildman–Crippen MR) is 25.2 cm³/mol. The van der Waals surface area contributed by atoms with Crippen LogP contribution in [0.5, 0.6) is 0 Å². The fraction of sp³-hybridized carbons (Fsp3) is 1.00. The van der Waals surface area contributed by atoms with Crippen molar-refractivity contribution in [3.63, 3.8) is 0 Å². The molecule has 5 heteroatoms. The number of rotatable bonds is 2. The molecule has 3 atom stereocenters. The molecule has 1 aliphatic heterocycles. The number of epoxide rings is 1. The molecular formula is C3H6O4P+. The van der Waals surface area contributed by atoms with Gasteiger partial charge < -0.3 is 4.74 Å². The molecule has 1 N–H and O–H groups in total. The van der Waals surface area contributed by atoms with Crippen LogP contribution in [-0.2, 0) is 13.8 Å². The van der Waals surface area contributed by atoms with E-state index < -0.39 is 14.5 Å². The Balaban J connectivity index is 2.14. The topological polar surface area (TPSA) is 59.1 Å². The fourth-order valence-corrected chi connectivity index (χ4v) is 0.764. The third-order valence-electron chi connectivity index (χ3n) is 0.850. The van der Waals surface area contributed by atoms with Crippen LogP contribution in [0.1, 0.15) is 6.92 Å². The summed E-state index contributed by atoms with van der Waals surface area (Å²) in [5.41, 5.74) is 0. The van der Waals surface area contributed by atoms with Gasteiger partial charge in [-0.05, 0) is 6.92 Å². The van der Waals surface area contributed by atoms with Crippen LogP contribution in [0.3, 0.4) is 0 Å². The summed E-state index contributed by atoms with van der Waals surface area (Å²) in [6.07, 6.45) is -0.454. The molecule has 8 heavy (non-hydrogen) atoms. The molecule has 0 aromatic rings. The van der Waals surface area contributed by atoms with Crippen LogP contribution >= 0.6 is 8.25 Å². The van der Waals surface area contributed by atoms with Gasteiger partial charge in [-0.1, -0.05) is 4.52 Å². The second-order valence-electron chi connectivity index (χ2n) is 1.55. The van der Waals surface area contributed by atoms with E-state index in [1.54, 1.807) is 6.92 Å². The number of hydrogen-bond acceptors (Lipinski definition) is 3. The smallest absolute Gasteiger partial charge is 0.338 e. The molecule has 0 aliphatic carbocycles. The van der Waals surface area contributed by atoms with Crippen molar-refractivity contribution in [1.29, 1.82) is 0 Å². The summed E-state index contributed by atoms with van der Waals surface area (Å²) in [7, 11) is -2.48. The molecule has 0 aromatic heterocycles. The highest BCUT2D eigenvalue weighted by atomic mass is 31.1. The van der Waals surface area contributed by atoms with Crippen molar-refractivity contribution in [2.24, 2.45) is 0 Å². The lowest BCUT2D eigenvalue weighted by Gasteiger charge is -1.70. The molecule has 46 valence electrons. The maximum Gasteiger partial charge on any atom is 0.697 e. The van der Waals surface area contributed by atoms with Gasteiger partial charge in [-0.15, -0.1) is 4.89 Å². The van der Waals surface area contributed by atoms with Crippen molar-refractivity contribution < 1.29 is 18.7 Å². The molecule has 1 unspecified atom stereocenters. The van der Waals surface area contributed by atoms with Crippen molar-refractivity contribution in [3.8, 4) is 0 Å². The Labute approximate surface area is 47.4 Å². The number of hydrogen-bond donors (Lipinski definition) is 1. The van der Waals surface area contributed by atoms with Gasteiger partial charge in [-0.2, -0.15) is 0 Å². The Bertz CT molecular complexity index is 114. The highest BCUT2D eigenvalue weighted by Gasteiger charge is 2.43. The largest absolute Gasteiger partial charge is 0.697 e. The Morgan fingerprint density at radius 2 is 2.38 bits per heavy atom. The summed E-state index contributed by atoms with van der Waals surface area (Å²) in [6, 6.07) is 0. The summed E-state index contributed by atoms with van der Waals surface area (Å²) >= 11 is 0. The monoisotopic (exact) mass is 137 g/mol.